The van der Waals surface area contributed by atoms with E-state index in [4.69, 9.17) is 11.6 Å². The standard InChI is InChI=1S/C24H30ClN3O2S/c1-31-16-13-22(27-23(29)20-9-5-6-10-21(20)25)24(30)26-19-11-14-28(15-12-19)17-18-7-3-2-4-8-18/h2-10,19,22H,11-17H2,1H3,(H,26,30)(H,27,29)/t22-/m0/s1. The second-order valence-electron chi connectivity index (χ2n) is 7.83. The molecule has 166 valence electrons. The Hall–Kier alpha value is -2.02. The molecule has 2 N–H and O–H groups in total. The molecule has 1 aliphatic rings. The Bertz CT molecular complexity index is 857. The molecular weight excluding hydrogens is 430 g/mol. The first-order valence-electron chi connectivity index (χ1n) is 10.7. The Morgan fingerprint density at radius 3 is 2.45 bits per heavy atom. The van der Waals surface area contributed by atoms with E-state index in [2.05, 4.69) is 39.8 Å². The molecule has 0 saturated carbocycles. The number of amides is 2. The van der Waals surface area contributed by atoms with Crippen molar-refractivity contribution in [3.8, 4) is 0 Å². The number of benzene rings is 2. The van der Waals surface area contributed by atoms with Crippen molar-refractivity contribution in [3.05, 3.63) is 70.7 Å². The van der Waals surface area contributed by atoms with E-state index < -0.39 is 6.04 Å². The maximum absolute atomic E-state index is 13.0. The highest BCUT2D eigenvalue weighted by Crippen LogP contribution is 2.16. The van der Waals surface area contributed by atoms with Crippen LogP contribution < -0.4 is 10.6 Å². The molecule has 2 amide bonds. The number of hydrogen-bond donors (Lipinski definition) is 2. The lowest BCUT2D eigenvalue weighted by Crippen LogP contribution is -2.52. The zero-order valence-corrected chi connectivity index (χ0v) is 19.4. The summed E-state index contributed by atoms with van der Waals surface area (Å²) in [5, 5.41) is 6.43. The summed E-state index contributed by atoms with van der Waals surface area (Å²) < 4.78 is 0. The zero-order valence-electron chi connectivity index (χ0n) is 17.9. The number of nitrogens with zero attached hydrogens (tertiary/aromatic N) is 1. The minimum absolute atomic E-state index is 0.115. The number of piperidine rings is 1. The van der Waals surface area contributed by atoms with Gasteiger partial charge in [-0.05, 0) is 49.0 Å². The van der Waals surface area contributed by atoms with Crippen molar-refractivity contribution in [2.45, 2.75) is 37.9 Å². The highest BCUT2D eigenvalue weighted by atomic mass is 35.5. The van der Waals surface area contributed by atoms with Crippen molar-refractivity contribution in [1.29, 1.82) is 0 Å². The number of thioether (sulfide) groups is 1. The molecule has 0 aromatic heterocycles. The molecule has 5 nitrogen and oxygen atoms in total. The summed E-state index contributed by atoms with van der Waals surface area (Å²) in [5.41, 5.74) is 1.70. The number of carbonyl (C=O) groups excluding carboxylic acids is 2. The Balaban J connectivity index is 1.52. The summed E-state index contributed by atoms with van der Waals surface area (Å²) in [4.78, 5) is 28.0. The van der Waals surface area contributed by atoms with Gasteiger partial charge in [-0.2, -0.15) is 11.8 Å². The highest BCUT2D eigenvalue weighted by molar-refractivity contribution is 7.98. The SMILES string of the molecule is CSCC[C@H](NC(=O)c1ccccc1Cl)C(=O)NC1CCN(Cc2ccccc2)CC1. The number of rotatable bonds is 9. The van der Waals surface area contributed by atoms with Crippen LogP contribution in [-0.2, 0) is 11.3 Å². The van der Waals surface area contributed by atoms with Crippen LogP contribution in [0.15, 0.2) is 54.6 Å². The van der Waals surface area contributed by atoms with E-state index >= 15 is 0 Å². The highest BCUT2D eigenvalue weighted by Gasteiger charge is 2.26. The van der Waals surface area contributed by atoms with Crippen LogP contribution in [-0.4, -0.2) is 53.9 Å². The van der Waals surface area contributed by atoms with Gasteiger partial charge in [-0.3, -0.25) is 14.5 Å². The second-order valence-corrected chi connectivity index (χ2v) is 9.22. The van der Waals surface area contributed by atoms with Crippen molar-refractivity contribution in [2.24, 2.45) is 0 Å². The average Bonchev–Trinajstić information content (AvgIpc) is 2.78. The molecule has 2 aromatic rings. The number of halogens is 1. The normalized spacial score (nSPS) is 15.9. The molecule has 3 rings (SSSR count). The molecule has 1 saturated heterocycles. The van der Waals surface area contributed by atoms with E-state index in [0.29, 0.717) is 17.0 Å². The fourth-order valence-corrected chi connectivity index (χ4v) is 4.46. The molecular formula is C24H30ClN3O2S. The summed E-state index contributed by atoms with van der Waals surface area (Å²) in [5.74, 6) is 0.358. The third-order valence-corrected chi connectivity index (χ3v) is 6.51. The lowest BCUT2D eigenvalue weighted by Gasteiger charge is -2.33. The summed E-state index contributed by atoms with van der Waals surface area (Å²) in [6.45, 7) is 2.83. The summed E-state index contributed by atoms with van der Waals surface area (Å²) in [7, 11) is 0. The van der Waals surface area contributed by atoms with Crippen LogP contribution in [0.1, 0.15) is 35.2 Å². The van der Waals surface area contributed by atoms with Crippen LogP contribution in [0.3, 0.4) is 0 Å². The van der Waals surface area contributed by atoms with E-state index in [9.17, 15) is 9.59 Å². The molecule has 0 spiro atoms. The lowest BCUT2D eigenvalue weighted by molar-refractivity contribution is -0.124. The van der Waals surface area contributed by atoms with Gasteiger partial charge in [0.1, 0.15) is 6.04 Å². The second kappa shape index (κ2) is 12.1. The first-order chi connectivity index (χ1) is 15.1. The van der Waals surface area contributed by atoms with Gasteiger partial charge in [0.05, 0.1) is 10.6 Å². The van der Waals surface area contributed by atoms with E-state index in [-0.39, 0.29) is 17.9 Å². The third-order valence-electron chi connectivity index (χ3n) is 5.53. The minimum atomic E-state index is -0.571. The number of hydrogen-bond acceptors (Lipinski definition) is 4. The van der Waals surface area contributed by atoms with Gasteiger partial charge in [0.15, 0.2) is 0 Å². The average molecular weight is 460 g/mol. The summed E-state index contributed by atoms with van der Waals surface area (Å²) in [6, 6.07) is 16.9. The van der Waals surface area contributed by atoms with Gasteiger partial charge in [-0.25, -0.2) is 0 Å². The Morgan fingerprint density at radius 2 is 1.77 bits per heavy atom. The van der Waals surface area contributed by atoms with E-state index in [1.807, 2.05) is 12.3 Å². The van der Waals surface area contributed by atoms with Gasteiger partial charge in [0.2, 0.25) is 5.91 Å². The largest absolute Gasteiger partial charge is 0.351 e. The number of nitrogens with one attached hydrogen (secondary N) is 2. The quantitative estimate of drug-likeness (QED) is 0.595. The molecule has 1 heterocycles. The first-order valence-corrected chi connectivity index (χ1v) is 12.4. The smallest absolute Gasteiger partial charge is 0.253 e. The van der Waals surface area contributed by atoms with Crippen molar-refractivity contribution in [3.63, 3.8) is 0 Å². The number of carbonyl (C=O) groups is 2. The van der Waals surface area contributed by atoms with Crippen LogP contribution in [0.25, 0.3) is 0 Å². The molecule has 1 atom stereocenters. The Morgan fingerprint density at radius 1 is 1.10 bits per heavy atom. The molecule has 7 heteroatoms. The minimum Gasteiger partial charge on any atom is -0.351 e. The van der Waals surface area contributed by atoms with E-state index in [0.717, 1.165) is 38.2 Å². The molecule has 0 radical (unpaired) electrons. The fraction of sp³-hybridized carbons (Fsp3) is 0.417. The van der Waals surface area contributed by atoms with Gasteiger partial charge in [0, 0.05) is 25.7 Å². The van der Waals surface area contributed by atoms with Gasteiger partial charge in [-0.1, -0.05) is 54.1 Å². The van der Waals surface area contributed by atoms with Crippen molar-refractivity contribution < 1.29 is 9.59 Å². The summed E-state index contributed by atoms with van der Waals surface area (Å²) in [6.07, 6.45) is 4.39. The fourth-order valence-electron chi connectivity index (χ4n) is 3.76. The van der Waals surface area contributed by atoms with Crippen LogP contribution in [0.2, 0.25) is 5.02 Å². The van der Waals surface area contributed by atoms with E-state index in [1.165, 1.54) is 5.56 Å². The first kappa shape index (κ1) is 23.6. The van der Waals surface area contributed by atoms with Crippen molar-refractivity contribution >= 4 is 35.2 Å². The zero-order chi connectivity index (χ0) is 22.1. The lowest BCUT2D eigenvalue weighted by atomic mass is 10.0. The maximum atomic E-state index is 13.0. The molecule has 31 heavy (non-hydrogen) atoms. The molecule has 2 aromatic carbocycles. The van der Waals surface area contributed by atoms with Gasteiger partial charge in [-0.15, -0.1) is 0 Å². The number of likely N-dealkylation sites (tertiary alicyclic amines) is 1. The van der Waals surface area contributed by atoms with Crippen LogP contribution in [0, 0.1) is 0 Å². The Labute approximate surface area is 193 Å². The molecule has 0 bridgehead atoms. The monoisotopic (exact) mass is 459 g/mol. The van der Waals surface area contributed by atoms with E-state index in [1.54, 1.807) is 36.0 Å². The predicted octanol–water partition coefficient (Wildman–Crippen LogP) is 3.97. The van der Waals surface area contributed by atoms with Gasteiger partial charge >= 0.3 is 0 Å². The van der Waals surface area contributed by atoms with Gasteiger partial charge in [0.25, 0.3) is 5.91 Å². The van der Waals surface area contributed by atoms with Crippen LogP contribution in [0.4, 0.5) is 0 Å². The maximum Gasteiger partial charge on any atom is 0.253 e. The topological polar surface area (TPSA) is 61.4 Å². The molecule has 0 aliphatic carbocycles. The summed E-state index contributed by atoms with van der Waals surface area (Å²) >= 11 is 7.80. The molecule has 0 unspecified atom stereocenters. The Kier molecular flexibility index (Phi) is 9.25. The molecule has 1 aliphatic heterocycles. The van der Waals surface area contributed by atoms with Gasteiger partial charge < -0.3 is 10.6 Å². The third kappa shape index (κ3) is 7.27. The predicted molar refractivity (Wildman–Crippen MR) is 129 cm³/mol. The van der Waals surface area contributed by atoms with Crippen molar-refractivity contribution in [2.75, 3.05) is 25.1 Å². The molecule has 1 fully saturated rings. The van der Waals surface area contributed by atoms with Crippen molar-refractivity contribution in [1.82, 2.24) is 15.5 Å². The van der Waals surface area contributed by atoms with Crippen LogP contribution in [0.5, 0.6) is 0 Å². The van der Waals surface area contributed by atoms with Crippen LogP contribution >= 0.6 is 23.4 Å².